The number of rotatable bonds is 13. The molecule has 0 spiro atoms. The number of benzene rings is 2. The highest BCUT2D eigenvalue weighted by Crippen LogP contribution is 2.17. The molecule has 4 N–H and O–H groups in total. The summed E-state index contributed by atoms with van der Waals surface area (Å²) in [6.07, 6.45) is 9.55. The molecule has 1 heterocycles. The van der Waals surface area contributed by atoms with E-state index in [1.54, 1.807) is 0 Å². The van der Waals surface area contributed by atoms with Gasteiger partial charge in [-0.1, -0.05) is 24.3 Å². The first kappa shape index (κ1) is 25.1. The van der Waals surface area contributed by atoms with Crippen LogP contribution in [0.25, 0.3) is 12.2 Å². The molecule has 0 aliphatic heterocycles. The molecule has 2 aromatic carbocycles. The fourth-order valence-corrected chi connectivity index (χ4v) is 4.66. The molecule has 3 aromatic rings. The fourth-order valence-electron chi connectivity index (χ4n) is 3.64. The van der Waals surface area contributed by atoms with Gasteiger partial charge in [0.25, 0.3) is 0 Å². The van der Waals surface area contributed by atoms with Crippen LogP contribution in [0.5, 0.6) is 0 Å². The monoisotopic (exact) mass is 468 g/mol. The van der Waals surface area contributed by atoms with Gasteiger partial charge < -0.3 is 20.4 Å². The van der Waals surface area contributed by atoms with Crippen molar-refractivity contribution in [2.75, 3.05) is 43.5 Å². The molecule has 0 aliphatic rings. The van der Waals surface area contributed by atoms with E-state index in [4.69, 9.17) is 0 Å². The summed E-state index contributed by atoms with van der Waals surface area (Å²) < 4.78 is 4.33. The highest BCUT2D eigenvalue weighted by molar-refractivity contribution is 7.99. The molecule has 0 bridgehead atoms. The van der Waals surface area contributed by atoms with Gasteiger partial charge in [0, 0.05) is 31.0 Å². The topological polar surface area (TPSA) is 69.1 Å². The predicted octanol–water partition coefficient (Wildman–Crippen LogP) is 2.19. The molecule has 6 nitrogen and oxygen atoms in total. The molecule has 1 aromatic heterocycles. The Morgan fingerprint density at radius 2 is 1.58 bits per heavy atom. The van der Waals surface area contributed by atoms with Crippen molar-refractivity contribution in [1.29, 1.82) is 0 Å². The van der Waals surface area contributed by atoms with Crippen molar-refractivity contribution in [3.63, 3.8) is 0 Å². The lowest BCUT2D eigenvalue weighted by Crippen LogP contribution is -2.78. The number of aromatic nitrogens is 2. The minimum Gasteiger partial charge on any atom is -0.395 e. The van der Waals surface area contributed by atoms with Crippen molar-refractivity contribution >= 4 is 35.3 Å². The van der Waals surface area contributed by atoms with Gasteiger partial charge in [0.15, 0.2) is 0 Å². The van der Waals surface area contributed by atoms with Crippen LogP contribution >= 0.6 is 11.8 Å². The van der Waals surface area contributed by atoms with Crippen LogP contribution < -0.4 is 14.8 Å². The summed E-state index contributed by atoms with van der Waals surface area (Å²) in [5.74, 6) is 1.11. The maximum atomic E-state index is 9.20. The standard InChI is InChI=1S/C26H35N4O2S/c1-28-15-16-29(2)26(28)33-21-3-14-27-24-10-6-22(7-11-24)4-5-23-8-12-25(13-9-23)30(17-19-31)18-20-32/h4-13,15-16,27,31-32H,3,14,17-21H2,1-2H3/q+1/p+1/b5-4+. The van der Waals surface area contributed by atoms with Gasteiger partial charge in [-0.3, -0.25) is 0 Å². The number of thioether (sulfide) groups is 1. The van der Waals surface area contributed by atoms with E-state index >= 15 is 0 Å². The third-order valence-electron chi connectivity index (χ3n) is 5.48. The smallest absolute Gasteiger partial charge is 0.317 e. The Hall–Kier alpha value is -2.58. The normalized spacial score (nSPS) is 11.4. The zero-order valence-electron chi connectivity index (χ0n) is 19.6. The average molecular weight is 469 g/mol. The third kappa shape index (κ3) is 7.75. The van der Waals surface area contributed by atoms with Gasteiger partial charge in [0.2, 0.25) is 0 Å². The maximum Gasteiger partial charge on any atom is 0.317 e. The second-order valence-electron chi connectivity index (χ2n) is 8.02. The molecule has 0 radical (unpaired) electrons. The number of anilines is 1. The van der Waals surface area contributed by atoms with Gasteiger partial charge in [-0.25, -0.2) is 9.13 Å². The Labute approximate surface area is 201 Å². The van der Waals surface area contributed by atoms with Crippen LogP contribution in [0.3, 0.4) is 0 Å². The van der Waals surface area contributed by atoms with Crippen molar-refractivity contribution in [1.82, 2.24) is 4.57 Å². The number of imidazole rings is 1. The van der Waals surface area contributed by atoms with E-state index in [1.807, 2.05) is 28.8 Å². The summed E-state index contributed by atoms with van der Waals surface area (Å²) in [5, 5.41) is 22.0. The van der Waals surface area contributed by atoms with Crippen molar-refractivity contribution < 1.29 is 20.1 Å². The van der Waals surface area contributed by atoms with Gasteiger partial charge in [0.1, 0.15) is 18.1 Å². The Balaban J connectivity index is 1.44. The average Bonchev–Trinajstić information content (AvgIpc) is 3.15. The molecule has 0 aliphatic carbocycles. The Morgan fingerprint density at radius 1 is 0.970 bits per heavy atom. The van der Waals surface area contributed by atoms with Crippen LogP contribution in [-0.2, 0) is 14.1 Å². The second kappa shape index (κ2) is 13.2. The summed E-state index contributed by atoms with van der Waals surface area (Å²) in [4.78, 5) is 1.98. The van der Waals surface area contributed by atoms with Crippen LogP contribution in [0, 0.1) is 0 Å². The van der Waals surface area contributed by atoms with E-state index in [-0.39, 0.29) is 13.2 Å². The number of hydrogen-bond donors (Lipinski definition) is 3. The number of nitrogens with two attached hydrogens (primary N) is 1. The lowest BCUT2D eigenvalue weighted by atomic mass is 10.1. The molecule has 7 heteroatoms. The first-order valence-electron chi connectivity index (χ1n) is 11.4. The molecule has 3 rings (SSSR count). The Morgan fingerprint density at radius 3 is 2.12 bits per heavy atom. The minimum atomic E-state index is 0.0699. The highest BCUT2D eigenvalue weighted by atomic mass is 32.2. The predicted molar refractivity (Wildman–Crippen MR) is 137 cm³/mol. The fraction of sp³-hybridized carbons (Fsp3) is 0.346. The summed E-state index contributed by atoms with van der Waals surface area (Å²) in [7, 11) is 4.18. The Kier molecular flexibility index (Phi) is 10.0. The summed E-state index contributed by atoms with van der Waals surface area (Å²) >= 11 is 1.90. The molecule has 0 saturated carbocycles. The summed E-state index contributed by atoms with van der Waals surface area (Å²) in [5.41, 5.74) is 4.56. The van der Waals surface area contributed by atoms with E-state index in [9.17, 15) is 10.2 Å². The van der Waals surface area contributed by atoms with Crippen LogP contribution in [0.15, 0.2) is 66.1 Å². The first-order valence-corrected chi connectivity index (χ1v) is 12.4. The van der Waals surface area contributed by atoms with E-state index < -0.39 is 0 Å². The zero-order chi connectivity index (χ0) is 23.5. The molecule has 0 unspecified atom stereocenters. The number of nitrogens with zero attached hydrogens (tertiary/aromatic N) is 3. The molecule has 0 saturated heterocycles. The van der Waals surface area contributed by atoms with Crippen molar-refractivity contribution in [2.24, 2.45) is 14.1 Å². The van der Waals surface area contributed by atoms with Gasteiger partial charge in [0.05, 0.1) is 33.9 Å². The number of hydrogen-bond acceptors (Lipinski definition) is 4. The Bertz CT molecular complexity index is 975. The quantitative estimate of drug-likeness (QED) is 0.118. The molecular weight excluding hydrogens is 432 g/mol. The molecule has 0 amide bonds. The van der Waals surface area contributed by atoms with Gasteiger partial charge >= 0.3 is 5.16 Å². The number of aryl methyl sites for hydroxylation is 2. The van der Waals surface area contributed by atoms with Crippen LogP contribution in [0.4, 0.5) is 11.4 Å². The van der Waals surface area contributed by atoms with Gasteiger partial charge in [-0.2, -0.15) is 0 Å². The second-order valence-corrected chi connectivity index (χ2v) is 9.09. The lowest BCUT2D eigenvalue weighted by molar-refractivity contribution is -0.709. The van der Waals surface area contributed by atoms with Crippen LogP contribution in [-0.4, -0.2) is 53.4 Å². The largest absolute Gasteiger partial charge is 0.395 e. The zero-order valence-corrected chi connectivity index (χ0v) is 20.4. The number of quaternary nitrogens is 1. The number of aliphatic hydroxyl groups is 2. The van der Waals surface area contributed by atoms with Gasteiger partial charge in [-0.15, -0.1) is 0 Å². The molecule has 176 valence electrons. The molecule has 0 atom stereocenters. The molecule has 0 fully saturated rings. The van der Waals surface area contributed by atoms with Crippen LogP contribution in [0.2, 0.25) is 0 Å². The van der Waals surface area contributed by atoms with E-state index in [1.165, 1.54) is 16.4 Å². The highest BCUT2D eigenvalue weighted by Gasteiger charge is 2.11. The van der Waals surface area contributed by atoms with E-state index in [0.717, 1.165) is 30.0 Å². The number of aliphatic hydroxyl groups excluding tert-OH is 2. The lowest BCUT2D eigenvalue weighted by Gasteiger charge is -2.22. The van der Waals surface area contributed by atoms with Crippen molar-refractivity contribution in [2.45, 2.75) is 11.6 Å². The maximum absolute atomic E-state index is 9.20. The minimum absolute atomic E-state index is 0.0699. The van der Waals surface area contributed by atoms with Crippen molar-refractivity contribution in [3.8, 4) is 0 Å². The first-order chi connectivity index (χ1) is 16.1. The molecule has 33 heavy (non-hydrogen) atoms. The molecular formula is C26H36N4O2S+2. The van der Waals surface area contributed by atoms with E-state index in [0.29, 0.717) is 13.1 Å². The summed E-state index contributed by atoms with van der Waals surface area (Å²) in [6.45, 7) is 2.25. The third-order valence-corrected chi connectivity index (χ3v) is 6.81. The van der Waals surface area contributed by atoms with Gasteiger partial charge in [-0.05, 0) is 59.3 Å². The summed E-state index contributed by atoms with van der Waals surface area (Å²) in [6, 6.07) is 16.8. The SMILES string of the molecule is Cn1cc[n+](C)c1SCCC[NH2+]c1ccc(/C=C/c2ccc(N(CCO)CCO)cc2)cc1. The van der Waals surface area contributed by atoms with Crippen molar-refractivity contribution in [3.05, 3.63) is 72.1 Å². The van der Waals surface area contributed by atoms with Crippen LogP contribution in [0.1, 0.15) is 17.5 Å². The van der Waals surface area contributed by atoms with E-state index in [2.05, 4.69) is 89.5 Å².